The molecule has 128 valence electrons. The van der Waals surface area contributed by atoms with Gasteiger partial charge in [0.05, 0.1) is 6.10 Å². The minimum Gasteiger partial charge on any atom is -0.377 e. The predicted octanol–water partition coefficient (Wildman–Crippen LogP) is 3.06. The summed E-state index contributed by atoms with van der Waals surface area (Å²) in [4.78, 5) is 15.2. The summed E-state index contributed by atoms with van der Waals surface area (Å²) in [6.45, 7) is 3.61. The first-order chi connectivity index (χ1) is 10.9. The zero-order valence-corrected chi connectivity index (χ0v) is 13.7. The van der Waals surface area contributed by atoms with Crippen LogP contribution in [0.2, 0.25) is 0 Å². The number of nitrogens with one attached hydrogen (secondary N) is 1. The Hall–Kier alpha value is -1.89. The number of hydrogen-bond acceptors (Lipinski definition) is 3. The number of benzene rings is 1. The number of ether oxygens (including phenoxy) is 1. The van der Waals surface area contributed by atoms with Gasteiger partial charge in [0.1, 0.15) is 5.69 Å². The van der Waals surface area contributed by atoms with Crippen molar-refractivity contribution >= 4 is 17.4 Å². The Morgan fingerprint density at radius 2 is 2.04 bits per heavy atom. The molecule has 1 aromatic carbocycles. The number of likely N-dealkylation sites (tertiary alicyclic amines) is 1. The van der Waals surface area contributed by atoms with Crippen molar-refractivity contribution in [3.05, 3.63) is 23.8 Å². The summed E-state index contributed by atoms with van der Waals surface area (Å²) in [6, 6.07) is 1.88. The lowest BCUT2D eigenvalue weighted by Gasteiger charge is -2.32. The van der Waals surface area contributed by atoms with Gasteiger partial charge in [0, 0.05) is 39.5 Å². The van der Waals surface area contributed by atoms with Gasteiger partial charge >= 0.3 is 6.03 Å². The highest BCUT2D eigenvalue weighted by molar-refractivity contribution is 5.89. The van der Waals surface area contributed by atoms with Gasteiger partial charge in [-0.05, 0) is 31.9 Å². The molecule has 1 atom stereocenters. The van der Waals surface area contributed by atoms with E-state index in [0.717, 1.165) is 25.0 Å². The summed E-state index contributed by atoms with van der Waals surface area (Å²) >= 11 is 0. The van der Waals surface area contributed by atoms with Gasteiger partial charge < -0.3 is 19.9 Å². The first kappa shape index (κ1) is 17.5. The molecule has 7 heteroatoms. The largest absolute Gasteiger partial charge is 0.377 e. The molecule has 1 aromatic rings. The van der Waals surface area contributed by atoms with E-state index in [1.807, 2.05) is 6.92 Å². The molecule has 23 heavy (non-hydrogen) atoms. The highest BCUT2D eigenvalue weighted by Gasteiger charge is 2.24. The number of nitrogens with zero attached hydrogens (tertiary/aromatic N) is 2. The molecule has 5 nitrogen and oxygen atoms in total. The molecule has 2 amide bonds. The van der Waals surface area contributed by atoms with E-state index < -0.39 is 11.6 Å². The predicted molar refractivity (Wildman–Crippen MR) is 85.9 cm³/mol. The van der Waals surface area contributed by atoms with E-state index in [2.05, 4.69) is 5.32 Å². The number of halogens is 2. The number of carbonyl (C=O) groups excluding carboxylic acids is 1. The van der Waals surface area contributed by atoms with Crippen LogP contribution < -0.4 is 10.2 Å². The van der Waals surface area contributed by atoms with Gasteiger partial charge in [-0.15, -0.1) is 0 Å². The molecule has 1 N–H and O–H groups in total. The Morgan fingerprint density at radius 1 is 1.39 bits per heavy atom. The number of carbonyl (C=O) groups is 1. The lowest BCUT2D eigenvalue weighted by Crippen LogP contribution is -2.45. The molecule has 2 rings (SSSR count). The van der Waals surface area contributed by atoms with Gasteiger partial charge in [-0.1, -0.05) is 0 Å². The molecule has 1 fully saturated rings. The topological polar surface area (TPSA) is 44.8 Å². The van der Waals surface area contributed by atoms with Crippen molar-refractivity contribution in [3.8, 4) is 0 Å². The maximum Gasteiger partial charge on any atom is 0.321 e. The van der Waals surface area contributed by atoms with Crippen LogP contribution in [0.5, 0.6) is 0 Å². The van der Waals surface area contributed by atoms with Crippen molar-refractivity contribution in [1.82, 2.24) is 4.90 Å². The zero-order chi connectivity index (χ0) is 17.0. The summed E-state index contributed by atoms with van der Waals surface area (Å²) < 4.78 is 33.4. The quantitative estimate of drug-likeness (QED) is 0.924. The second-order valence-corrected chi connectivity index (χ2v) is 5.78. The summed E-state index contributed by atoms with van der Waals surface area (Å²) in [7, 11) is 3.11. The molecule has 0 spiro atoms. The fraction of sp³-hybridized carbons (Fsp3) is 0.562. The van der Waals surface area contributed by atoms with Crippen molar-refractivity contribution in [1.29, 1.82) is 0 Å². The van der Waals surface area contributed by atoms with Crippen LogP contribution in [0.4, 0.5) is 25.0 Å². The lowest BCUT2D eigenvalue weighted by atomic mass is 10.1. The second-order valence-electron chi connectivity index (χ2n) is 5.78. The minimum absolute atomic E-state index is 0.0177. The maximum absolute atomic E-state index is 14.0. The van der Waals surface area contributed by atoms with E-state index in [1.54, 1.807) is 19.0 Å². The molecule has 0 bridgehead atoms. The molecule has 0 aromatic heterocycles. The Bertz CT molecular complexity index is 541. The number of piperidine rings is 1. The molecule has 1 heterocycles. The summed E-state index contributed by atoms with van der Waals surface area (Å²) in [6.07, 6.45) is 1.78. The van der Waals surface area contributed by atoms with Gasteiger partial charge in [-0.25, -0.2) is 13.6 Å². The third-order valence-corrected chi connectivity index (χ3v) is 3.78. The molecule has 1 aliphatic heterocycles. The highest BCUT2D eigenvalue weighted by atomic mass is 19.1. The van der Waals surface area contributed by atoms with Gasteiger partial charge in [0.15, 0.2) is 11.6 Å². The van der Waals surface area contributed by atoms with E-state index in [-0.39, 0.29) is 23.5 Å². The molecule has 0 unspecified atom stereocenters. The van der Waals surface area contributed by atoms with Gasteiger partial charge in [-0.3, -0.25) is 0 Å². The first-order valence-corrected chi connectivity index (χ1v) is 7.76. The third kappa shape index (κ3) is 4.31. The van der Waals surface area contributed by atoms with Gasteiger partial charge in [0.2, 0.25) is 0 Å². The number of urea groups is 1. The fourth-order valence-corrected chi connectivity index (χ4v) is 2.76. The van der Waals surface area contributed by atoms with Crippen molar-refractivity contribution in [2.45, 2.75) is 25.9 Å². The Morgan fingerprint density at radius 3 is 2.61 bits per heavy atom. The van der Waals surface area contributed by atoms with E-state index in [9.17, 15) is 13.6 Å². The van der Waals surface area contributed by atoms with Crippen molar-refractivity contribution in [2.24, 2.45) is 0 Å². The summed E-state index contributed by atoms with van der Waals surface area (Å²) in [5.74, 6) is -1.42. The minimum atomic E-state index is -0.712. The standard InChI is InChI=1S/C16H23F2N3O2/c1-4-23-12-6-5-7-21(10-12)16(22)19-11-8-13(17)15(20(2)3)14(18)9-11/h8-9,12H,4-7,10H2,1-3H3,(H,19,22)/t12-/m0/s1. The normalized spacial score (nSPS) is 18.0. The van der Waals surface area contributed by atoms with E-state index in [4.69, 9.17) is 4.74 Å². The van der Waals surface area contributed by atoms with Crippen LogP contribution in [-0.4, -0.2) is 50.8 Å². The number of amides is 2. The van der Waals surface area contributed by atoms with Crippen molar-refractivity contribution in [3.63, 3.8) is 0 Å². The van der Waals surface area contributed by atoms with Crippen molar-refractivity contribution < 1.29 is 18.3 Å². The van der Waals surface area contributed by atoms with Crippen molar-refractivity contribution in [2.75, 3.05) is 44.0 Å². The van der Waals surface area contributed by atoms with E-state index >= 15 is 0 Å². The molecular formula is C16H23F2N3O2. The van der Waals surface area contributed by atoms with Gasteiger partial charge in [-0.2, -0.15) is 0 Å². The zero-order valence-electron chi connectivity index (χ0n) is 13.7. The molecule has 0 saturated carbocycles. The molecule has 1 saturated heterocycles. The SMILES string of the molecule is CCO[C@H]1CCCN(C(=O)Nc2cc(F)c(N(C)C)c(F)c2)C1. The Kier molecular flexibility index (Phi) is 5.76. The first-order valence-electron chi connectivity index (χ1n) is 7.76. The number of hydrogen-bond donors (Lipinski definition) is 1. The summed E-state index contributed by atoms with van der Waals surface area (Å²) in [5, 5.41) is 2.56. The molecule has 0 aliphatic carbocycles. The average molecular weight is 327 g/mol. The number of anilines is 2. The average Bonchev–Trinajstić information content (AvgIpc) is 2.46. The van der Waals surface area contributed by atoms with E-state index in [1.165, 1.54) is 4.90 Å². The summed E-state index contributed by atoms with van der Waals surface area (Å²) in [5.41, 5.74) is -0.0217. The lowest BCUT2D eigenvalue weighted by molar-refractivity contribution is 0.0181. The highest BCUT2D eigenvalue weighted by Crippen LogP contribution is 2.26. The third-order valence-electron chi connectivity index (χ3n) is 3.78. The van der Waals surface area contributed by atoms with Crippen LogP contribution in [0.1, 0.15) is 19.8 Å². The molecule has 0 radical (unpaired) electrons. The van der Waals surface area contributed by atoms with Crippen LogP contribution in [0.25, 0.3) is 0 Å². The number of rotatable bonds is 4. The Labute approximate surface area is 135 Å². The van der Waals surface area contributed by atoms with Gasteiger partial charge in [0.25, 0.3) is 0 Å². The molecular weight excluding hydrogens is 304 g/mol. The van der Waals surface area contributed by atoms with E-state index in [0.29, 0.717) is 19.7 Å². The van der Waals surface area contributed by atoms with Crippen LogP contribution in [0.15, 0.2) is 12.1 Å². The van der Waals surface area contributed by atoms with Crippen LogP contribution in [-0.2, 0) is 4.74 Å². The monoisotopic (exact) mass is 327 g/mol. The smallest absolute Gasteiger partial charge is 0.321 e. The van der Waals surface area contributed by atoms with Crippen LogP contribution >= 0.6 is 0 Å². The maximum atomic E-state index is 14.0. The fourth-order valence-electron chi connectivity index (χ4n) is 2.76. The second kappa shape index (κ2) is 7.59. The Balaban J connectivity index is 2.05. The molecule has 1 aliphatic rings. The van der Waals surface area contributed by atoms with Crippen LogP contribution in [0, 0.1) is 11.6 Å². The van der Waals surface area contributed by atoms with Crippen LogP contribution in [0.3, 0.4) is 0 Å².